The van der Waals surface area contributed by atoms with Gasteiger partial charge < -0.3 is 20.2 Å². The Morgan fingerprint density at radius 3 is 2.47 bits per heavy atom. The van der Waals surface area contributed by atoms with Crippen LogP contribution in [-0.2, 0) is 4.79 Å². The first-order chi connectivity index (χ1) is 8.90. The monoisotopic (exact) mass is 270 g/mol. The fraction of sp³-hybridized carbons (Fsp3) is 0.846. The molecule has 0 saturated carbocycles. The van der Waals surface area contributed by atoms with Crippen LogP contribution in [0.3, 0.4) is 0 Å². The number of carbonyl (C=O) groups is 1. The Balaban J connectivity index is 2.65. The number of carbonyl (C=O) groups excluding carboxylic acids is 1. The normalized spacial score (nSPS) is 17.8. The van der Waals surface area contributed by atoms with E-state index in [1.165, 1.54) is 4.90 Å². The van der Waals surface area contributed by atoms with E-state index in [1.807, 2.05) is 13.8 Å². The topological polar surface area (TPSA) is 68.2 Å². The number of aliphatic hydroxyl groups excluding tert-OH is 1. The third-order valence-corrected chi connectivity index (χ3v) is 3.04. The van der Waals surface area contributed by atoms with E-state index in [0.29, 0.717) is 0 Å². The van der Waals surface area contributed by atoms with Crippen LogP contribution in [0.2, 0.25) is 0 Å². The van der Waals surface area contributed by atoms with Gasteiger partial charge in [-0.05, 0) is 26.7 Å². The molecule has 1 amide bonds. The molecule has 6 nitrogen and oxygen atoms in total. The fourth-order valence-electron chi connectivity index (χ4n) is 1.86. The Morgan fingerprint density at radius 2 is 2.00 bits per heavy atom. The third kappa shape index (κ3) is 5.46. The molecular weight excluding hydrogens is 244 g/mol. The maximum absolute atomic E-state index is 11.6. The maximum atomic E-state index is 11.6. The van der Waals surface area contributed by atoms with Crippen LogP contribution in [0.15, 0.2) is 4.99 Å². The molecule has 1 fully saturated rings. The summed E-state index contributed by atoms with van der Waals surface area (Å²) in [7, 11) is 3.45. The number of piperidine rings is 1. The molecule has 0 aliphatic carbocycles. The number of hydrogen-bond acceptors (Lipinski definition) is 3. The maximum Gasteiger partial charge on any atom is 0.243 e. The smallest absolute Gasteiger partial charge is 0.243 e. The number of hydrogen-bond donors (Lipinski definition) is 2. The van der Waals surface area contributed by atoms with Crippen molar-refractivity contribution in [3.05, 3.63) is 0 Å². The number of likely N-dealkylation sites (tertiary alicyclic amines) is 1. The van der Waals surface area contributed by atoms with Gasteiger partial charge in [-0.15, -0.1) is 0 Å². The number of aliphatic imine (C=N–C) groups is 1. The second-order valence-electron chi connectivity index (χ2n) is 5.45. The molecule has 6 heteroatoms. The van der Waals surface area contributed by atoms with Crippen LogP contribution in [-0.4, -0.2) is 72.6 Å². The van der Waals surface area contributed by atoms with E-state index >= 15 is 0 Å². The SMILES string of the molecule is CC(C)NC(=NCC(=O)N(C)C)N1CCC(O)CC1. The van der Waals surface area contributed by atoms with Crippen LogP contribution >= 0.6 is 0 Å². The summed E-state index contributed by atoms with van der Waals surface area (Å²) in [4.78, 5) is 19.6. The number of nitrogens with one attached hydrogen (secondary N) is 1. The summed E-state index contributed by atoms with van der Waals surface area (Å²) < 4.78 is 0. The predicted octanol–water partition coefficient (Wildman–Crippen LogP) is -0.115. The van der Waals surface area contributed by atoms with Crippen molar-refractivity contribution in [2.24, 2.45) is 4.99 Å². The molecule has 19 heavy (non-hydrogen) atoms. The quantitative estimate of drug-likeness (QED) is 0.554. The number of aliphatic hydroxyl groups is 1. The van der Waals surface area contributed by atoms with Gasteiger partial charge in [0.25, 0.3) is 0 Å². The molecular formula is C13H26N4O2. The van der Waals surface area contributed by atoms with Gasteiger partial charge in [-0.2, -0.15) is 0 Å². The van der Waals surface area contributed by atoms with Crippen LogP contribution < -0.4 is 5.32 Å². The molecule has 0 spiro atoms. The first-order valence-electron chi connectivity index (χ1n) is 6.84. The Labute approximate surface area is 115 Å². The average Bonchev–Trinajstić information content (AvgIpc) is 2.34. The highest BCUT2D eigenvalue weighted by molar-refractivity contribution is 5.85. The van der Waals surface area contributed by atoms with Gasteiger partial charge >= 0.3 is 0 Å². The number of amides is 1. The summed E-state index contributed by atoms with van der Waals surface area (Å²) in [5.74, 6) is 0.747. The molecule has 1 saturated heterocycles. The zero-order valence-corrected chi connectivity index (χ0v) is 12.4. The molecule has 0 atom stereocenters. The molecule has 1 aliphatic heterocycles. The molecule has 1 heterocycles. The lowest BCUT2D eigenvalue weighted by atomic mass is 10.1. The van der Waals surface area contributed by atoms with E-state index in [1.54, 1.807) is 14.1 Å². The molecule has 0 bridgehead atoms. The second kappa shape index (κ2) is 7.33. The molecule has 110 valence electrons. The van der Waals surface area contributed by atoms with Crippen LogP contribution in [0, 0.1) is 0 Å². The third-order valence-electron chi connectivity index (χ3n) is 3.04. The summed E-state index contributed by atoms with van der Waals surface area (Å²) >= 11 is 0. The van der Waals surface area contributed by atoms with Crippen molar-refractivity contribution in [1.82, 2.24) is 15.1 Å². The first-order valence-corrected chi connectivity index (χ1v) is 6.84. The lowest BCUT2D eigenvalue weighted by Crippen LogP contribution is -2.48. The van der Waals surface area contributed by atoms with Crippen molar-refractivity contribution < 1.29 is 9.90 Å². The Morgan fingerprint density at radius 1 is 1.42 bits per heavy atom. The highest BCUT2D eigenvalue weighted by Crippen LogP contribution is 2.10. The van der Waals surface area contributed by atoms with Crippen LogP contribution in [0.4, 0.5) is 0 Å². The van der Waals surface area contributed by atoms with Crippen molar-refractivity contribution in [2.75, 3.05) is 33.7 Å². The van der Waals surface area contributed by atoms with E-state index in [0.717, 1.165) is 31.9 Å². The molecule has 1 rings (SSSR count). The van der Waals surface area contributed by atoms with E-state index in [-0.39, 0.29) is 24.6 Å². The number of nitrogens with zero attached hydrogens (tertiary/aromatic N) is 3. The van der Waals surface area contributed by atoms with Gasteiger partial charge in [-0.1, -0.05) is 0 Å². The minimum atomic E-state index is -0.208. The minimum Gasteiger partial charge on any atom is -0.393 e. The van der Waals surface area contributed by atoms with Gasteiger partial charge in [0.2, 0.25) is 5.91 Å². The Hall–Kier alpha value is -1.30. The minimum absolute atomic E-state index is 0.0138. The lowest BCUT2D eigenvalue weighted by Gasteiger charge is -2.33. The first kappa shape index (κ1) is 15.8. The van der Waals surface area contributed by atoms with Crippen molar-refractivity contribution in [3.8, 4) is 0 Å². The molecule has 0 aromatic rings. The molecule has 0 aromatic heterocycles. The van der Waals surface area contributed by atoms with Crippen molar-refractivity contribution in [2.45, 2.75) is 38.8 Å². The highest BCUT2D eigenvalue weighted by atomic mass is 16.3. The standard InChI is InChI=1S/C13H26N4O2/c1-10(2)15-13(14-9-12(19)16(3)4)17-7-5-11(18)6-8-17/h10-11,18H,5-9H2,1-4H3,(H,14,15). The zero-order valence-electron chi connectivity index (χ0n) is 12.4. The van der Waals surface area contributed by atoms with Gasteiger partial charge in [-0.25, -0.2) is 4.99 Å². The second-order valence-corrected chi connectivity index (χ2v) is 5.45. The van der Waals surface area contributed by atoms with E-state index in [4.69, 9.17) is 0 Å². The molecule has 0 radical (unpaired) electrons. The Kier molecular flexibility index (Phi) is 6.08. The van der Waals surface area contributed by atoms with E-state index < -0.39 is 0 Å². The number of guanidine groups is 1. The number of likely N-dealkylation sites (N-methyl/N-ethyl adjacent to an activating group) is 1. The van der Waals surface area contributed by atoms with Crippen LogP contribution in [0.1, 0.15) is 26.7 Å². The predicted molar refractivity (Wildman–Crippen MR) is 76.1 cm³/mol. The van der Waals surface area contributed by atoms with Gasteiger partial charge in [0.1, 0.15) is 6.54 Å². The summed E-state index contributed by atoms with van der Waals surface area (Å²) in [5.41, 5.74) is 0. The average molecular weight is 270 g/mol. The largest absolute Gasteiger partial charge is 0.393 e. The van der Waals surface area contributed by atoms with Crippen LogP contribution in [0.5, 0.6) is 0 Å². The van der Waals surface area contributed by atoms with E-state index in [2.05, 4.69) is 15.2 Å². The molecule has 2 N–H and O–H groups in total. The van der Waals surface area contributed by atoms with Gasteiger partial charge in [0, 0.05) is 33.2 Å². The lowest BCUT2D eigenvalue weighted by molar-refractivity contribution is -0.127. The molecule has 0 unspecified atom stereocenters. The molecule has 1 aliphatic rings. The van der Waals surface area contributed by atoms with Gasteiger partial charge in [0.05, 0.1) is 6.10 Å². The van der Waals surface area contributed by atoms with Crippen molar-refractivity contribution in [1.29, 1.82) is 0 Å². The van der Waals surface area contributed by atoms with Crippen molar-refractivity contribution >= 4 is 11.9 Å². The molecule has 0 aromatic carbocycles. The van der Waals surface area contributed by atoms with Gasteiger partial charge in [0.15, 0.2) is 5.96 Å². The zero-order chi connectivity index (χ0) is 14.4. The summed E-state index contributed by atoms with van der Waals surface area (Å²) in [5, 5.41) is 12.8. The number of rotatable bonds is 3. The summed E-state index contributed by atoms with van der Waals surface area (Å²) in [6, 6.07) is 0.264. The summed E-state index contributed by atoms with van der Waals surface area (Å²) in [6.07, 6.45) is 1.29. The van der Waals surface area contributed by atoms with Gasteiger partial charge in [-0.3, -0.25) is 4.79 Å². The van der Waals surface area contributed by atoms with Crippen molar-refractivity contribution in [3.63, 3.8) is 0 Å². The van der Waals surface area contributed by atoms with Crippen LogP contribution in [0.25, 0.3) is 0 Å². The Bertz CT molecular complexity index is 321. The summed E-state index contributed by atoms with van der Waals surface area (Å²) in [6.45, 7) is 5.79. The fourth-order valence-corrected chi connectivity index (χ4v) is 1.86. The van der Waals surface area contributed by atoms with E-state index in [9.17, 15) is 9.90 Å². The highest BCUT2D eigenvalue weighted by Gasteiger charge is 2.20.